The Morgan fingerprint density at radius 1 is 0.633 bits per heavy atom. The van der Waals surface area contributed by atoms with Crippen LogP contribution in [0.5, 0.6) is 11.5 Å². The Hall–Kier alpha value is -5.20. The Balaban J connectivity index is 0.000000148. The standard InChI is InChI=1S/C19H16N4O.C18H14N4O.Na.H2O/c1-23-11-17(15-9-21-22-10-15)16-7-14(8-20-19(16)23)12-2-3-18-13(6-12)4-5-24-18;1-2-17-12(3-4-23-17)5-11(1)13-6-15-16(14-8-21-22-9-14)10-20-18(15)19-7-13;;/h2-3,6-11H,4-5H2,1H3,(H,21,22);1-2,5-10H,3-4H2,(H,19,20)(H,21,22);;1H2/q;;+1;/p-1. The van der Waals surface area contributed by atoms with E-state index in [1.165, 1.54) is 22.3 Å². The second-order valence-electron chi connectivity index (χ2n) is 11.9. The van der Waals surface area contributed by atoms with Crippen LogP contribution in [-0.2, 0) is 19.9 Å². The van der Waals surface area contributed by atoms with Crippen molar-refractivity contribution in [2.45, 2.75) is 12.8 Å². The van der Waals surface area contributed by atoms with Gasteiger partial charge in [0.2, 0.25) is 0 Å². The van der Waals surface area contributed by atoms with Crippen LogP contribution in [-0.4, -0.2) is 58.6 Å². The second kappa shape index (κ2) is 13.4. The van der Waals surface area contributed by atoms with Crippen molar-refractivity contribution in [3.63, 3.8) is 0 Å². The molecule has 4 N–H and O–H groups in total. The molecule has 238 valence electrons. The summed E-state index contributed by atoms with van der Waals surface area (Å²) >= 11 is 0. The third-order valence-electron chi connectivity index (χ3n) is 9.01. The van der Waals surface area contributed by atoms with Crippen molar-refractivity contribution in [3.05, 3.63) is 109 Å². The molecule has 0 unspecified atom stereocenters. The minimum Gasteiger partial charge on any atom is -0.870 e. The number of aromatic amines is 3. The van der Waals surface area contributed by atoms with Crippen LogP contribution in [0.4, 0.5) is 0 Å². The van der Waals surface area contributed by atoms with Gasteiger partial charge in [-0.15, -0.1) is 0 Å². The number of fused-ring (bicyclic) bond motifs is 4. The first-order chi connectivity index (χ1) is 23.2. The van der Waals surface area contributed by atoms with Gasteiger partial charge in [0.1, 0.15) is 22.8 Å². The molecule has 12 heteroatoms. The van der Waals surface area contributed by atoms with Gasteiger partial charge in [0.15, 0.2) is 0 Å². The van der Waals surface area contributed by atoms with Gasteiger partial charge in [0, 0.05) is 101 Å². The number of rotatable bonds is 4. The average Bonchev–Trinajstić information content (AvgIpc) is 3.96. The van der Waals surface area contributed by atoms with Gasteiger partial charge in [-0.1, -0.05) is 12.1 Å². The third-order valence-corrected chi connectivity index (χ3v) is 9.01. The predicted molar refractivity (Wildman–Crippen MR) is 183 cm³/mol. The van der Waals surface area contributed by atoms with Crippen molar-refractivity contribution < 1.29 is 44.5 Å². The van der Waals surface area contributed by atoms with Crippen LogP contribution >= 0.6 is 0 Å². The van der Waals surface area contributed by atoms with E-state index in [9.17, 15) is 0 Å². The van der Waals surface area contributed by atoms with Crippen molar-refractivity contribution in [1.29, 1.82) is 0 Å². The van der Waals surface area contributed by atoms with Crippen molar-refractivity contribution in [1.82, 2.24) is 39.9 Å². The average molecular weight is 659 g/mol. The van der Waals surface area contributed by atoms with Gasteiger partial charge in [0.05, 0.1) is 25.6 Å². The van der Waals surface area contributed by atoms with Crippen LogP contribution in [0.3, 0.4) is 0 Å². The van der Waals surface area contributed by atoms with Gasteiger partial charge in [0.25, 0.3) is 0 Å². The zero-order valence-corrected chi connectivity index (χ0v) is 29.1. The van der Waals surface area contributed by atoms with Crippen molar-refractivity contribution >= 4 is 22.1 Å². The molecule has 49 heavy (non-hydrogen) atoms. The Morgan fingerprint density at radius 3 is 1.84 bits per heavy atom. The van der Waals surface area contributed by atoms with Crippen molar-refractivity contribution in [2.75, 3.05) is 13.2 Å². The van der Waals surface area contributed by atoms with E-state index in [0.717, 1.165) is 93.0 Å². The van der Waals surface area contributed by atoms with E-state index in [1.54, 1.807) is 0 Å². The maximum absolute atomic E-state index is 5.60. The molecule has 6 aromatic heterocycles. The molecule has 0 radical (unpaired) electrons. The second-order valence-corrected chi connectivity index (χ2v) is 11.9. The molecule has 0 aliphatic carbocycles. The number of hydrogen-bond acceptors (Lipinski definition) is 7. The van der Waals surface area contributed by atoms with E-state index in [1.807, 2.05) is 50.4 Å². The normalized spacial score (nSPS) is 12.7. The molecule has 8 aromatic rings. The first kappa shape index (κ1) is 32.4. The fourth-order valence-corrected chi connectivity index (χ4v) is 6.58. The van der Waals surface area contributed by atoms with E-state index < -0.39 is 0 Å². The summed E-state index contributed by atoms with van der Waals surface area (Å²) in [6.45, 7) is 1.55. The minimum absolute atomic E-state index is 0. The molecule has 0 spiro atoms. The summed E-state index contributed by atoms with van der Waals surface area (Å²) in [6, 6.07) is 17.1. The molecule has 0 saturated carbocycles. The van der Waals surface area contributed by atoms with Gasteiger partial charge in [-0.05, 0) is 58.7 Å². The topological polar surface area (TPSA) is 152 Å². The molecule has 11 nitrogen and oxygen atoms in total. The maximum atomic E-state index is 5.60. The number of aromatic nitrogens is 8. The number of nitrogens with one attached hydrogen (secondary N) is 3. The maximum Gasteiger partial charge on any atom is 1.00 e. The molecular weight excluding hydrogens is 627 g/mol. The number of hydrogen-bond donors (Lipinski definition) is 3. The predicted octanol–water partition coefficient (Wildman–Crippen LogP) is 3.95. The molecule has 0 fully saturated rings. The molecule has 2 aliphatic rings. The molecule has 2 aromatic carbocycles. The molecule has 0 bridgehead atoms. The number of nitrogens with zero attached hydrogens (tertiary/aromatic N) is 5. The summed E-state index contributed by atoms with van der Waals surface area (Å²) in [4.78, 5) is 12.5. The first-order valence-corrected chi connectivity index (χ1v) is 15.6. The van der Waals surface area contributed by atoms with E-state index >= 15 is 0 Å². The van der Waals surface area contributed by atoms with Crippen LogP contribution in [0.15, 0.2) is 98.1 Å². The molecule has 10 rings (SSSR count). The fourth-order valence-electron chi connectivity index (χ4n) is 6.58. The Bertz CT molecular complexity index is 2400. The molecule has 8 heterocycles. The van der Waals surface area contributed by atoms with E-state index in [4.69, 9.17) is 9.47 Å². The zero-order valence-electron chi connectivity index (χ0n) is 27.1. The zero-order chi connectivity index (χ0) is 31.3. The van der Waals surface area contributed by atoms with Crippen LogP contribution in [0, 0.1) is 0 Å². The number of pyridine rings is 2. The van der Waals surface area contributed by atoms with Gasteiger partial charge in [-0.25, -0.2) is 9.97 Å². The van der Waals surface area contributed by atoms with Crippen LogP contribution < -0.4 is 39.0 Å². The molecule has 0 saturated heterocycles. The van der Waals surface area contributed by atoms with E-state index in [0.29, 0.717) is 0 Å². The van der Waals surface area contributed by atoms with Gasteiger partial charge in [-0.2, -0.15) is 10.2 Å². The SMILES string of the molecule is Cn1cc(-c2cn[nH]c2)c2cc(-c3ccc4c(c3)CCO4)cnc21.[Na+].[OH-].c1cc2c(cc1-c1cnc3[nH]cc(-c4cn[nH]c4)c3c1)CCO2. The van der Waals surface area contributed by atoms with E-state index in [2.05, 4.69) is 94.6 Å². The summed E-state index contributed by atoms with van der Waals surface area (Å²) in [5.41, 5.74) is 13.3. The first-order valence-electron chi connectivity index (χ1n) is 15.6. The number of H-pyrrole nitrogens is 3. The van der Waals surface area contributed by atoms with Gasteiger partial charge >= 0.3 is 29.6 Å². The molecule has 0 atom stereocenters. The van der Waals surface area contributed by atoms with Crippen LogP contribution in [0.2, 0.25) is 0 Å². The number of ether oxygens (including phenoxy) is 2. The Labute approximate surface area is 303 Å². The number of benzene rings is 2. The van der Waals surface area contributed by atoms with Crippen LogP contribution in [0.1, 0.15) is 11.1 Å². The largest absolute Gasteiger partial charge is 1.00 e. The summed E-state index contributed by atoms with van der Waals surface area (Å²) < 4.78 is 13.2. The number of aryl methyl sites for hydroxylation is 1. The van der Waals surface area contributed by atoms with Crippen molar-refractivity contribution in [2.24, 2.45) is 7.05 Å². The summed E-state index contributed by atoms with van der Waals surface area (Å²) in [5.74, 6) is 2.01. The quantitative estimate of drug-likeness (QED) is 0.242. The molecule has 2 aliphatic heterocycles. The smallest absolute Gasteiger partial charge is 0.870 e. The summed E-state index contributed by atoms with van der Waals surface area (Å²) in [6.07, 6.45) is 17.3. The molecular formula is C37H31N8NaO3. The van der Waals surface area contributed by atoms with E-state index in [-0.39, 0.29) is 35.0 Å². The third kappa shape index (κ3) is 5.91. The minimum atomic E-state index is 0. The summed E-state index contributed by atoms with van der Waals surface area (Å²) in [5, 5.41) is 16.1. The molecule has 0 amide bonds. The van der Waals surface area contributed by atoms with Gasteiger partial charge < -0.3 is 24.5 Å². The van der Waals surface area contributed by atoms with Crippen molar-refractivity contribution in [3.8, 4) is 56.0 Å². The van der Waals surface area contributed by atoms with Gasteiger partial charge in [-0.3, -0.25) is 10.2 Å². The Morgan fingerprint density at radius 2 is 1.22 bits per heavy atom. The van der Waals surface area contributed by atoms with Crippen LogP contribution in [0.25, 0.3) is 66.6 Å². The summed E-state index contributed by atoms with van der Waals surface area (Å²) in [7, 11) is 2.02. The Kier molecular flexibility index (Phi) is 8.82. The monoisotopic (exact) mass is 658 g/mol. The fraction of sp³-hybridized carbons (Fsp3) is 0.135.